The van der Waals surface area contributed by atoms with E-state index in [1.54, 1.807) is 13.8 Å². The zero-order valence-corrected chi connectivity index (χ0v) is 19.1. The van der Waals surface area contributed by atoms with Gasteiger partial charge in [-0.05, 0) is 68.3 Å². The van der Waals surface area contributed by atoms with E-state index in [2.05, 4.69) is 25.8 Å². The summed E-state index contributed by atoms with van der Waals surface area (Å²) in [7, 11) is 0. The highest BCUT2D eigenvalue weighted by Crippen LogP contribution is 2.47. The van der Waals surface area contributed by atoms with Gasteiger partial charge in [-0.2, -0.15) is 0 Å². The van der Waals surface area contributed by atoms with Crippen LogP contribution in [0.15, 0.2) is 4.47 Å². The number of esters is 1. The highest BCUT2D eigenvalue weighted by Gasteiger charge is 2.40. The molecule has 1 saturated heterocycles. The molecule has 1 spiro atoms. The predicted molar refractivity (Wildman–Crippen MR) is 115 cm³/mol. The number of carbonyl (C=O) groups is 1. The Bertz CT molecular complexity index is 727. The van der Waals surface area contributed by atoms with E-state index in [4.69, 9.17) is 4.74 Å². The van der Waals surface area contributed by atoms with E-state index in [-0.39, 0.29) is 6.10 Å². The summed E-state index contributed by atoms with van der Waals surface area (Å²) in [5.74, 6) is -0.611. The molecule has 1 aromatic heterocycles. The third-order valence-electron chi connectivity index (χ3n) is 6.27. The van der Waals surface area contributed by atoms with Gasteiger partial charge in [-0.1, -0.05) is 25.7 Å². The second kappa shape index (κ2) is 8.70. The van der Waals surface area contributed by atoms with Crippen molar-refractivity contribution in [2.45, 2.75) is 84.8 Å². The van der Waals surface area contributed by atoms with Gasteiger partial charge < -0.3 is 14.7 Å². The lowest BCUT2D eigenvalue weighted by Crippen LogP contribution is -2.30. The fraction of sp³-hybridized carbons (Fsp3) is 0.727. The van der Waals surface area contributed by atoms with Crippen LogP contribution in [-0.2, 0) is 9.53 Å². The predicted octanol–water partition coefficient (Wildman–Crippen LogP) is 5.00. The van der Waals surface area contributed by atoms with E-state index in [1.807, 2.05) is 13.8 Å². The topological polar surface area (TPSA) is 62.7 Å². The summed E-state index contributed by atoms with van der Waals surface area (Å²) >= 11 is 3.70. The summed E-state index contributed by atoms with van der Waals surface area (Å²) < 4.78 is 6.16. The monoisotopic (exact) mass is 452 g/mol. The second-order valence-corrected chi connectivity index (χ2v) is 9.63. The molecule has 0 radical (unpaired) electrons. The molecule has 1 unspecified atom stereocenters. The summed E-state index contributed by atoms with van der Waals surface area (Å²) in [6.45, 7) is 9.33. The lowest BCUT2D eigenvalue weighted by atomic mass is 9.80. The fourth-order valence-corrected chi connectivity index (χ4v) is 5.44. The average molecular weight is 453 g/mol. The van der Waals surface area contributed by atoms with Crippen LogP contribution < -0.4 is 4.90 Å². The minimum Gasteiger partial charge on any atom is -0.461 e. The first-order chi connectivity index (χ1) is 13.2. The Morgan fingerprint density at radius 2 is 1.79 bits per heavy atom. The third kappa shape index (κ3) is 4.38. The number of pyridine rings is 1. The number of aryl methyl sites for hydroxylation is 2. The molecule has 1 aliphatic carbocycles. The van der Waals surface area contributed by atoms with Crippen molar-refractivity contribution in [3.63, 3.8) is 0 Å². The summed E-state index contributed by atoms with van der Waals surface area (Å²) in [5.41, 5.74) is 3.42. The van der Waals surface area contributed by atoms with Crippen molar-refractivity contribution >= 4 is 27.6 Å². The van der Waals surface area contributed by atoms with Gasteiger partial charge >= 0.3 is 5.97 Å². The fourth-order valence-electron chi connectivity index (χ4n) is 4.89. The van der Waals surface area contributed by atoms with Crippen LogP contribution in [0.3, 0.4) is 0 Å². The lowest BCUT2D eigenvalue weighted by Gasteiger charge is -2.31. The quantitative estimate of drug-likeness (QED) is 0.651. The van der Waals surface area contributed by atoms with Gasteiger partial charge in [-0.3, -0.25) is 4.98 Å². The van der Waals surface area contributed by atoms with E-state index < -0.39 is 12.1 Å². The molecule has 0 amide bonds. The zero-order chi connectivity index (χ0) is 20.5. The zero-order valence-electron chi connectivity index (χ0n) is 17.6. The van der Waals surface area contributed by atoms with Crippen molar-refractivity contribution in [1.82, 2.24) is 4.98 Å². The lowest BCUT2D eigenvalue weighted by molar-refractivity contribution is -0.157. The molecule has 5 nitrogen and oxygen atoms in total. The number of hydrogen-bond acceptors (Lipinski definition) is 5. The third-order valence-corrected chi connectivity index (χ3v) is 7.22. The standard InChI is InChI=1S/C22H33BrN2O3/c1-14(2)28-21(27)20(26)17-15(3)24-16(4)18(23)19(17)25-12-11-22(13-25)9-7-5-6-8-10-22/h14,20,26H,5-13H2,1-4H3. The Balaban J connectivity index is 1.97. The largest absolute Gasteiger partial charge is 0.461 e. The second-order valence-electron chi connectivity index (χ2n) is 8.83. The maximum absolute atomic E-state index is 12.5. The molecule has 2 aliphatic rings. The normalized spacial score (nSPS) is 20.5. The number of aliphatic hydroxyl groups excluding tert-OH is 1. The van der Waals surface area contributed by atoms with E-state index in [0.29, 0.717) is 16.7 Å². The summed E-state index contributed by atoms with van der Waals surface area (Å²) in [6.07, 6.45) is 7.41. The minimum atomic E-state index is -1.33. The molecule has 1 atom stereocenters. The summed E-state index contributed by atoms with van der Waals surface area (Å²) in [5, 5.41) is 10.9. The molecule has 3 rings (SSSR count). The van der Waals surface area contributed by atoms with Crippen LogP contribution >= 0.6 is 15.9 Å². The first-order valence-electron chi connectivity index (χ1n) is 10.5. The van der Waals surface area contributed by atoms with Gasteiger partial charge in [0.2, 0.25) is 0 Å². The Labute approximate surface area is 177 Å². The van der Waals surface area contributed by atoms with Gasteiger partial charge in [0.05, 0.1) is 22.0 Å². The molecule has 28 heavy (non-hydrogen) atoms. The Hall–Kier alpha value is -1.14. The van der Waals surface area contributed by atoms with Crippen LogP contribution in [0.4, 0.5) is 5.69 Å². The number of anilines is 1. The molecule has 1 N–H and O–H groups in total. The summed E-state index contributed by atoms with van der Waals surface area (Å²) in [6, 6.07) is 0. The molecule has 1 aliphatic heterocycles. The van der Waals surface area contributed by atoms with E-state index >= 15 is 0 Å². The van der Waals surface area contributed by atoms with Gasteiger partial charge in [0.25, 0.3) is 0 Å². The number of aliphatic hydroxyl groups is 1. The number of hydrogen-bond donors (Lipinski definition) is 1. The molecular formula is C22H33BrN2O3. The van der Waals surface area contributed by atoms with Gasteiger partial charge in [0.1, 0.15) is 0 Å². The maximum atomic E-state index is 12.5. The van der Waals surface area contributed by atoms with Crippen molar-refractivity contribution in [2.75, 3.05) is 18.0 Å². The molecule has 1 saturated carbocycles. The molecule has 2 fully saturated rings. The summed E-state index contributed by atoms with van der Waals surface area (Å²) in [4.78, 5) is 19.4. The van der Waals surface area contributed by atoms with Crippen LogP contribution in [0.25, 0.3) is 0 Å². The number of nitrogens with zero attached hydrogens (tertiary/aromatic N) is 2. The van der Waals surface area contributed by atoms with Crippen molar-refractivity contribution in [3.8, 4) is 0 Å². The van der Waals surface area contributed by atoms with Crippen LogP contribution in [0.1, 0.15) is 81.8 Å². The van der Waals surface area contributed by atoms with Gasteiger partial charge in [0, 0.05) is 24.3 Å². The van der Waals surface area contributed by atoms with Crippen molar-refractivity contribution < 1.29 is 14.6 Å². The van der Waals surface area contributed by atoms with Gasteiger partial charge in [-0.25, -0.2) is 4.79 Å². The smallest absolute Gasteiger partial charge is 0.340 e. The van der Waals surface area contributed by atoms with Crippen LogP contribution in [0.5, 0.6) is 0 Å². The molecule has 1 aromatic rings. The minimum absolute atomic E-state index is 0.270. The van der Waals surface area contributed by atoms with E-state index in [0.717, 1.165) is 28.9 Å². The highest BCUT2D eigenvalue weighted by atomic mass is 79.9. The van der Waals surface area contributed by atoms with Gasteiger partial charge in [0.15, 0.2) is 6.10 Å². The van der Waals surface area contributed by atoms with Crippen molar-refractivity contribution in [3.05, 3.63) is 21.4 Å². The maximum Gasteiger partial charge on any atom is 0.340 e. The molecule has 2 heterocycles. The molecule has 6 heteroatoms. The van der Waals surface area contributed by atoms with Crippen molar-refractivity contribution in [1.29, 1.82) is 0 Å². The molecule has 0 bridgehead atoms. The molecular weight excluding hydrogens is 420 g/mol. The highest BCUT2D eigenvalue weighted by molar-refractivity contribution is 9.10. The Morgan fingerprint density at radius 3 is 2.39 bits per heavy atom. The first-order valence-corrected chi connectivity index (χ1v) is 11.3. The number of aromatic nitrogens is 1. The van der Waals surface area contributed by atoms with Gasteiger partial charge in [-0.15, -0.1) is 0 Å². The SMILES string of the molecule is Cc1nc(C)c(C(O)C(=O)OC(C)C)c(N2CCC3(CCCCCC3)C2)c1Br. The van der Waals surface area contributed by atoms with Crippen LogP contribution in [-0.4, -0.2) is 35.3 Å². The van der Waals surface area contributed by atoms with Crippen LogP contribution in [0.2, 0.25) is 0 Å². The average Bonchev–Trinajstić information content (AvgIpc) is 2.88. The van der Waals surface area contributed by atoms with E-state index in [1.165, 1.54) is 44.9 Å². The first kappa shape index (κ1) is 21.6. The molecule has 0 aromatic carbocycles. The van der Waals surface area contributed by atoms with E-state index in [9.17, 15) is 9.90 Å². The number of rotatable bonds is 4. The number of ether oxygens (including phenoxy) is 1. The number of carbonyl (C=O) groups excluding carboxylic acids is 1. The Morgan fingerprint density at radius 1 is 1.14 bits per heavy atom. The Kier molecular flexibility index (Phi) is 6.70. The number of halogens is 1. The van der Waals surface area contributed by atoms with Crippen LogP contribution in [0, 0.1) is 19.3 Å². The van der Waals surface area contributed by atoms with Crippen molar-refractivity contribution in [2.24, 2.45) is 5.41 Å². The molecule has 156 valence electrons.